The van der Waals surface area contributed by atoms with Crippen LogP contribution in [0.2, 0.25) is 0 Å². The number of carbonyl (C=O) groups excluding carboxylic acids is 1. The minimum absolute atomic E-state index is 0. The molecule has 0 fully saturated rings. The van der Waals surface area contributed by atoms with Crippen molar-refractivity contribution in [2.24, 2.45) is 0 Å². The smallest absolute Gasteiger partial charge is 0.243 e. The molecule has 3 heterocycles. The number of ether oxygens (including phenoxy) is 3. The summed E-state index contributed by atoms with van der Waals surface area (Å²) in [6, 6.07) is 11.4. The fourth-order valence-corrected chi connectivity index (χ4v) is 3.37. The Bertz CT molecular complexity index is 807. The molecule has 2 aromatic carbocycles. The number of hydrogen-bond acceptors (Lipinski definition) is 4. The second-order valence-corrected chi connectivity index (χ2v) is 5.40. The van der Waals surface area contributed by atoms with Crippen molar-refractivity contribution >= 4 is 24.0 Å². The van der Waals surface area contributed by atoms with E-state index >= 15 is 0 Å². The van der Waals surface area contributed by atoms with Crippen molar-refractivity contribution in [3.63, 3.8) is 0 Å². The monoisotopic (exact) mass is 317 g/mol. The first-order valence-electron chi connectivity index (χ1n) is 6.77. The fraction of sp³-hybridized carbons (Fsp3) is 0.188. The summed E-state index contributed by atoms with van der Waals surface area (Å²) in [5, 5.41) is 2.95. The number of anilines is 1. The average molecular weight is 318 g/mol. The number of benzene rings is 2. The van der Waals surface area contributed by atoms with Crippen LogP contribution in [0.25, 0.3) is 0 Å². The molecule has 0 aliphatic carbocycles. The molecule has 0 bridgehead atoms. The van der Waals surface area contributed by atoms with Gasteiger partial charge in [0.25, 0.3) is 0 Å². The Kier molecular flexibility index (Phi) is 2.60. The number of nitrogens with one attached hydrogen (secondary N) is 1. The van der Waals surface area contributed by atoms with Crippen molar-refractivity contribution in [2.75, 3.05) is 18.7 Å². The van der Waals surface area contributed by atoms with Crippen LogP contribution in [0.4, 0.5) is 5.69 Å². The predicted molar refractivity (Wildman–Crippen MR) is 81.2 cm³/mol. The molecule has 112 valence electrons. The van der Waals surface area contributed by atoms with E-state index < -0.39 is 5.41 Å². The van der Waals surface area contributed by atoms with Gasteiger partial charge in [0.15, 0.2) is 11.5 Å². The van der Waals surface area contributed by atoms with Gasteiger partial charge in [-0.1, -0.05) is 18.2 Å². The van der Waals surface area contributed by atoms with Gasteiger partial charge in [0.2, 0.25) is 12.7 Å². The third-order valence-electron chi connectivity index (χ3n) is 4.40. The first-order chi connectivity index (χ1) is 10.3. The minimum atomic E-state index is -0.785. The summed E-state index contributed by atoms with van der Waals surface area (Å²) in [5.41, 5.74) is 1.85. The molecule has 0 radical (unpaired) electrons. The molecular weight excluding hydrogens is 306 g/mol. The lowest BCUT2D eigenvalue weighted by Crippen LogP contribution is -2.37. The zero-order valence-corrected chi connectivity index (χ0v) is 12.2. The lowest BCUT2D eigenvalue weighted by Gasteiger charge is -2.20. The van der Waals surface area contributed by atoms with E-state index in [4.69, 9.17) is 14.2 Å². The van der Waals surface area contributed by atoms with E-state index in [1.54, 1.807) is 6.07 Å². The van der Waals surface area contributed by atoms with Crippen molar-refractivity contribution < 1.29 is 19.0 Å². The summed E-state index contributed by atoms with van der Waals surface area (Å²) in [6.07, 6.45) is 0. The Morgan fingerprint density at radius 2 is 1.73 bits per heavy atom. The molecule has 1 atom stereocenters. The third-order valence-corrected chi connectivity index (χ3v) is 4.40. The molecule has 1 unspecified atom stereocenters. The van der Waals surface area contributed by atoms with Gasteiger partial charge >= 0.3 is 0 Å². The van der Waals surface area contributed by atoms with Crippen LogP contribution in [0.5, 0.6) is 17.2 Å². The van der Waals surface area contributed by atoms with Crippen LogP contribution < -0.4 is 19.5 Å². The zero-order chi connectivity index (χ0) is 14.0. The van der Waals surface area contributed by atoms with E-state index in [1.807, 2.05) is 30.3 Å². The van der Waals surface area contributed by atoms with Crippen molar-refractivity contribution in [1.29, 1.82) is 0 Å². The van der Waals surface area contributed by atoms with Gasteiger partial charge in [-0.25, -0.2) is 0 Å². The highest BCUT2D eigenvalue weighted by molar-refractivity contribution is 6.09. The highest BCUT2D eigenvalue weighted by Crippen LogP contribution is 2.53. The van der Waals surface area contributed by atoms with E-state index in [-0.39, 0.29) is 25.1 Å². The van der Waals surface area contributed by atoms with Crippen LogP contribution in [0.1, 0.15) is 11.1 Å². The lowest BCUT2D eigenvalue weighted by molar-refractivity contribution is -0.119. The number of amides is 1. The van der Waals surface area contributed by atoms with E-state index in [1.165, 1.54) is 0 Å². The maximum atomic E-state index is 12.7. The number of halogens is 1. The average Bonchev–Trinajstić information content (AvgIpc) is 3.16. The van der Waals surface area contributed by atoms with Gasteiger partial charge in [-0.2, -0.15) is 0 Å². The van der Waals surface area contributed by atoms with Gasteiger partial charge in [-0.05, 0) is 17.7 Å². The molecule has 2 aromatic rings. The lowest BCUT2D eigenvalue weighted by atomic mass is 9.77. The topological polar surface area (TPSA) is 56.8 Å². The molecule has 1 N–H and O–H groups in total. The molecule has 0 saturated heterocycles. The van der Waals surface area contributed by atoms with Crippen LogP contribution in [0.3, 0.4) is 0 Å². The largest absolute Gasteiger partial charge is 0.491 e. The van der Waals surface area contributed by atoms with Gasteiger partial charge in [0.1, 0.15) is 17.8 Å². The maximum Gasteiger partial charge on any atom is 0.243 e. The molecular formula is C16H12ClNO4. The Morgan fingerprint density at radius 1 is 0.955 bits per heavy atom. The zero-order valence-electron chi connectivity index (χ0n) is 11.4. The Hall–Kier alpha value is -2.40. The van der Waals surface area contributed by atoms with Crippen LogP contribution in [-0.2, 0) is 10.2 Å². The molecule has 6 heteroatoms. The molecule has 1 spiro atoms. The van der Waals surface area contributed by atoms with Gasteiger partial charge in [0.05, 0.1) is 0 Å². The number of rotatable bonds is 0. The normalized spacial score (nSPS) is 22.6. The standard InChI is InChI=1S/C16H11NO4.ClH/c18-15-16(9-3-1-2-4-11(9)17-15)7-19-12-6-14-13(5-10(12)16)20-8-21-14;/h1-6H,7-8H2,(H,17,18);1H. The second kappa shape index (κ2) is 4.30. The molecule has 0 aromatic heterocycles. The molecule has 5 nitrogen and oxygen atoms in total. The van der Waals surface area contributed by atoms with Crippen molar-refractivity contribution in [3.8, 4) is 17.2 Å². The van der Waals surface area contributed by atoms with Gasteiger partial charge < -0.3 is 19.5 Å². The highest BCUT2D eigenvalue weighted by atomic mass is 35.5. The van der Waals surface area contributed by atoms with Crippen LogP contribution in [0.15, 0.2) is 36.4 Å². The second-order valence-electron chi connectivity index (χ2n) is 5.40. The summed E-state index contributed by atoms with van der Waals surface area (Å²) < 4.78 is 16.6. The van der Waals surface area contributed by atoms with Gasteiger partial charge in [-0.3, -0.25) is 4.79 Å². The van der Waals surface area contributed by atoms with E-state index in [9.17, 15) is 4.79 Å². The third kappa shape index (κ3) is 1.41. The van der Waals surface area contributed by atoms with Gasteiger partial charge in [-0.15, -0.1) is 12.4 Å². The summed E-state index contributed by atoms with van der Waals surface area (Å²) in [6.45, 7) is 0.502. The van der Waals surface area contributed by atoms with E-state index in [0.29, 0.717) is 23.9 Å². The molecule has 0 saturated carbocycles. The predicted octanol–water partition coefficient (Wildman–Crippen LogP) is 2.47. The van der Waals surface area contributed by atoms with Gasteiger partial charge in [0, 0.05) is 17.3 Å². The molecule has 3 aliphatic rings. The SMILES string of the molecule is Cl.O=C1Nc2ccccc2C12COc1cc3c(cc12)OCO3. The van der Waals surface area contributed by atoms with E-state index in [2.05, 4.69) is 5.32 Å². The Labute approximate surface area is 132 Å². The highest BCUT2D eigenvalue weighted by Gasteiger charge is 2.54. The Balaban J connectivity index is 0.00000125. The van der Waals surface area contributed by atoms with Crippen LogP contribution >= 0.6 is 12.4 Å². The van der Waals surface area contributed by atoms with Crippen molar-refractivity contribution in [1.82, 2.24) is 0 Å². The number of para-hydroxylation sites is 1. The maximum absolute atomic E-state index is 12.7. The Morgan fingerprint density at radius 3 is 2.59 bits per heavy atom. The summed E-state index contributed by atoms with van der Waals surface area (Å²) in [4.78, 5) is 12.7. The number of carbonyl (C=O) groups is 1. The molecule has 22 heavy (non-hydrogen) atoms. The quantitative estimate of drug-likeness (QED) is 0.811. The summed E-state index contributed by atoms with van der Waals surface area (Å²) in [7, 11) is 0. The summed E-state index contributed by atoms with van der Waals surface area (Å²) in [5.74, 6) is 1.96. The van der Waals surface area contributed by atoms with Crippen LogP contribution in [-0.4, -0.2) is 19.3 Å². The molecule has 5 rings (SSSR count). The number of fused-ring (bicyclic) bond motifs is 5. The molecule has 3 aliphatic heterocycles. The fourth-order valence-electron chi connectivity index (χ4n) is 3.37. The number of hydrogen-bond donors (Lipinski definition) is 1. The first-order valence-corrected chi connectivity index (χ1v) is 6.77. The minimum Gasteiger partial charge on any atom is -0.491 e. The van der Waals surface area contributed by atoms with Crippen molar-refractivity contribution in [2.45, 2.75) is 5.41 Å². The first kappa shape index (κ1) is 13.3. The molecule has 1 amide bonds. The summed E-state index contributed by atoms with van der Waals surface area (Å²) >= 11 is 0. The van der Waals surface area contributed by atoms with Crippen LogP contribution in [0, 0.1) is 0 Å². The van der Waals surface area contributed by atoms with E-state index in [0.717, 1.165) is 16.8 Å². The van der Waals surface area contributed by atoms with Crippen molar-refractivity contribution in [3.05, 3.63) is 47.5 Å².